The van der Waals surface area contributed by atoms with E-state index in [1.54, 1.807) is 24.3 Å². The van der Waals surface area contributed by atoms with E-state index in [9.17, 15) is 19.6 Å². The van der Waals surface area contributed by atoms with Crippen molar-refractivity contribution in [1.82, 2.24) is 19.4 Å². The molecule has 0 unspecified atom stereocenters. The van der Waals surface area contributed by atoms with Gasteiger partial charge in [-0.2, -0.15) is 5.26 Å². The first-order valence-corrected chi connectivity index (χ1v) is 14.9. The van der Waals surface area contributed by atoms with Crippen molar-refractivity contribution in [3.05, 3.63) is 88.1 Å². The molecular weight excluding hydrogens is 547 g/mol. The van der Waals surface area contributed by atoms with E-state index >= 15 is 0 Å². The Kier molecular flexibility index (Phi) is 7.29. The lowest BCUT2D eigenvalue weighted by Crippen LogP contribution is -2.35. The number of benzene rings is 2. The van der Waals surface area contributed by atoms with Crippen LogP contribution in [0.25, 0.3) is 11.0 Å². The number of imidazole rings is 1. The summed E-state index contributed by atoms with van der Waals surface area (Å²) in [6.07, 6.45) is 3.76. The minimum Gasteiger partial charge on any atom is -0.478 e. The number of hydrogen-bond acceptors (Lipinski definition) is 7. The Morgan fingerprint density at radius 1 is 1.09 bits per heavy atom. The van der Waals surface area contributed by atoms with Gasteiger partial charge in [0.1, 0.15) is 17.5 Å². The average Bonchev–Trinajstić information content (AvgIpc) is 3.34. The number of likely N-dealkylation sites (tertiary alicyclic amines) is 1. The number of pyridine rings is 1. The highest BCUT2D eigenvalue weighted by atomic mass is 19.1. The zero-order valence-electron chi connectivity index (χ0n) is 23.9. The standard InChI is InChI=1S/C33H33FN6O3/c34-27-15-21(17-35)14-23-8-12-39(19-26(23)27)31-3-1-2-28(36-31)22-6-10-38(11-7-22)20-32-37-29-5-4-24(33(41)42)16-30(29)40(32)18-25-9-13-43-25/h1-5,14-16,22,25H,6-13,18-20H2,(H,41,42)/t25-/m0/s1. The van der Waals surface area contributed by atoms with E-state index in [2.05, 4.69) is 20.4 Å². The number of nitrogens with zero attached hydrogens (tertiary/aromatic N) is 6. The van der Waals surface area contributed by atoms with Gasteiger partial charge in [-0.05, 0) is 86.8 Å². The SMILES string of the molecule is N#Cc1cc(F)c2c(c1)CCN(c1cccc(C3CCN(Cc4nc5ccc(C(=O)O)cc5n4C[C@@H]4CCO4)CC3)n1)C2. The molecule has 2 fully saturated rings. The van der Waals surface area contributed by atoms with Crippen LogP contribution < -0.4 is 4.90 Å². The zero-order chi connectivity index (χ0) is 29.5. The molecule has 220 valence electrons. The molecule has 5 heterocycles. The molecule has 43 heavy (non-hydrogen) atoms. The number of carboxylic acid groups (broad SMARTS) is 1. The van der Waals surface area contributed by atoms with E-state index in [4.69, 9.17) is 14.7 Å². The van der Waals surface area contributed by atoms with Crippen LogP contribution in [0.1, 0.15) is 63.7 Å². The van der Waals surface area contributed by atoms with Gasteiger partial charge in [0, 0.05) is 36.9 Å². The van der Waals surface area contributed by atoms with Crippen LogP contribution in [0.2, 0.25) is 0 Å². The zero-order valence-corrected chi connectivity index (χ0v) is 23.9. The molecule has 0 radical (unpaired) electrons. The summed E-state index contributed by atoms with van der Waals surface area (Å²) in [6.45, 7) is 5.12. The number of fused-ring (bicyclic) bond motifs is 2. The van der Waals surface area contributed by atoms with Gasteiger partial charge in [-0.1, -0.05) is 6.07 Å². The number of ether oxygens (including phenoxy) is 1. The van der Waals surface area contributed by atoms with Crippen molar-refractivity contribution in [3.8, 4) is 6.07 Å². The Morgan fingerprint density at radius 2 is 1.93 bits per heavy atom. The highest BCUT2D eigenvalue weighted by Crippen LogP contribution is 2.32. The number of anilines is 1. The third kappa shape index (κ3) is 5.46. The maximum absolute atomic E-state index is 14.8. The fraction of sp³-hybridized carbons (Fsp3) is 0.394. The van der Waals surface area contributed by atoms with E-state index in [-0.39, 0.29) is 17.5 Å². The van der Waals surface area contributed by atoms with Crippen molar-refractivity contribution >= 4 is 22.8 Å². The smallest absolute Gasteiger partial charge is 0.335 e. The molecule has 1 N–H and O–H groups in total. The van der Waals surface area contributed by atoms with Gasteiger partial charge in [-0.15, -0.1) is 0 Å². The van der Waals surface area contributed by atoms with Gasteiger partial charge in [-0.3, -0.25) is 4.90 Å². The third-order valence-corrected chi connectivity index (χ3v) is 9.12. The number of carbonyl (C=O) groups is 1. The number of aromatic carboxylic acids is 1. The van der Waals surface area contributed by atoms with Crippen LogP contribution in [0, 0.1) is 17.1 Å². The van der Waals surface area contributed by atoms with Crippen molar-refractivity contribution in [1.29, 1.82) is 5.26 Å². The molecule has 0 amide bonds. The number of carboxylic acids is 1. The van der Waals surface area contributed by atoms with Gasteiger partial charge >= 0.3 is 5.97 Å². The molecular formula is C33H33FN6O3. The molecule has 3 aliphatic heterocycles. The molecule has 2 aromatic heterocycles. The Balaban J connectivity index is 1.03. The van der Waals surface area contributed by atoms with Crippen molar-refractivity contribution in [2.24, 2.45) is 0 Å². The summed E-state index contributed by atoms with van der Waals surface area (Å²) in [5, 5.41) is 18.7. The summed E-state index contributed by atoms with van der Waals surface area (Å²) in [5.74, 6) is 0.872. The number of rotatable bonds is 7. The first-order chi connectivity index (χ1) is 20.9. The van der Waals surface area contributed by atoms with E-state index in [1.807, 2.05) is 18.2 Å². The molecule has 2 saturated heterocycles. The first kappa shape index (κ1) is 27.5. The van der Waals surface area contributed by atoms with E-state index in [0.717, 1.165) is 79.4 Å². The van der Waals surface area contributed by atoms with Crippen LogP contribution >= 0.6 is 0 Å². The van der Waals surface area contributed by atoms with E-state index < -0.39 is 5.97 Å². The predicted octanol–water partition coefficient (Wildman–Crippen LogP) is 4.87. The number of nitriles is 1. The maximum atomic E-state index is 14.8. The van der Waals surface area contributed by atoms with Crippen molar-refractivity contribution in [2.45, 2.75) is 57.3 Å². The van der Waals surface area contributed by atoms with Gasteiger partial charge in [0.25, 0.3) is 0 Å². The van der Waals surface area contributed by atoms with Gasteiger partial charge in [0.05, 0.1) is 47.4 Å². The Bertz CT molecular complexity index is 1730. The van der Waals surface area contributed by atoms with Gasteiger partial charge in [0.15, 0.2) is 0 Å². The molecule has 2 aromatic carbocycles. The Labute approximate surface area is 249 Å². The molecule has 0 spiro atoms. The summed E-state index contributed by atoms with van der Waals surface area (Å²) < 4.78 is 22.6. The highest BCUT2D eigenvalue weighted by molar-refractivity contribution is 5.92. The van der Waals surface area contributed by atoms with E-state index in [0.29, 0.717) is 43.1 Å². The first-order valence-electron chi connectivity index (χ1n) is 14.9. The second-order valence-electron chi connectivity index (χ2n) is 11.8. The monoisotopic (exact) mass is 580 g/mol. The van der Waals surface area contributed by atoms with Crippen LogP contribution in [-0.2, 0) is 30.8 Å². The predicted molar refractivity (Wildman–Crippen MR) is 158 cm³/mol. The fourth-order valence-corrected chi connectivity index (χ4v) is 6.57. The minimum atomic E-state index is -0.942. The summed E-state index contributed by atoms with van der Waals surface area (Å²) in [5.41, 5.74) is 4.91. The summed E-state index contributed by atoms with van der Waals surface area (Å²) >= 11 is 0. The van der Waals surface area contributed by atoms with Gasteiger partial charge in [-0.25, -0.2) is 19.2 Å². The normalized spacial score (nSPS) is 19.2. The van der Waals surface area contributed by atoms with E-state index in [1.165, 1.54) is 6.07 Å². The molecule has 3 aliphatic rings. The Morgan fingerprint density at radius 3 is 2.67 bits per heavy atom. The number of piperidine rings is 1. The van der Waals surface area contributed by atoms with Crippen molar-refractivity contribution in [2.75, 3.05) is 31.1 Å². The lowest BCUT2D eigenvalue weighted by molar-refractivity contribution is -0.0592. The van der Waals surface area contributed by atoms with Crippen LogP contribution in [0.3, 0.4) is 0 Å². The molecule has 10 heteroatoms. The quantitative estimate of drug-likeness (QED) is 0.330. The van der Waals surface area contributed by atoms with Crippen LogP contribution in [-0.4, -0.2) is 62.9 Å². The molecule has 1 atom stereocenters. The number of hydrogen-bond donors (Lipinski definition) is 1. The largest absolute Gasteiger partial charge is 0.478 e. The van der Waals surface area contributed by atoms with Gasteiger partial charge in [0.2, 0.25) is 0 Å². The highest BCUT2D eigenvalue weighted by Gasteiger charge is 2.27. The topological polar surface area (TPSA) is 108 Å². The number of aromatic nitrogens is 3. The lowest BCUT2D eigenvalue weighted by atomic mass is 9.93. The molecule has 7 rings (SSSR count). The van der Waals surface area contributed by atoms with Crippen molar-refractivity contribution < 1.29 is 19.0 Å². The molecule has 9 nitrogen and oxygen atoms in total. The second kappa shape index (κ2) is 11.4. The van der Waals surface area contributed by atoms with Crippen LogP contribution in [0.4, 0.5) is 10.2 Å². The average molecular weight is 581 g/mol. The molecule has 0 saturated carbocycles. The fourth-order valence-electron chi connectivity index (χ4n) is 6.57. The Hall–Kier alpha value is -4.33. The summed E-state index contributed by atoms with van der Waals surface area (Å²) in [7, 11) is 0. The molecule has 0 bridgehead atoms. The third-order valence-electron chi connectivity index (χ3n) is 9.12. The molecule has 0 aliphatic carbocycles. The number of halogens is 1. The van der Waals surface area contributed by atoms with Crippen LogP contribution in [0.15, 0.2) is 48.5 Å². The van der Waals surface area contributed by atoms with Crippen molar-refractivity contribution in [3.63, 3.8) is 0 Å². The van der Waals surface area contributed by atoms with Gasteiger partial charge < -0.3 is 19.3 Å². The lowest BCUT2D eigenvalue weighted by Gasteiger charge is -2.33. The molecule has 4 aromatic rings. The maximum Gasteiger partial charge on any atom is 0.335 e. The minimum absolute atomic E-state index is 0.133. The van der Waals surface area contributed by atoms with Crippen LogP contribution in [0.5, 0.6) is 0 Å². The second-order valence-corrected chi connectivity index (χ2v) is 11.8. The summed E-state index contributed by atoms with van der Waals surface area (Å²) in [4.78, 5) is 26.1. The summed E-state index contributed by atoms with van der Waals surface area (Å²) in [6, 6.07) is 16.4.